The molecule has 0 spiro atoms. The largest absolute Gasteiger partial charge is 0.484 e. The highest BCUT2D eigenvalue weighted by atomic mass is 32.2. The summed E-state index contributed by atoms with van der Waals surface area (Å²) in [5.41, 5.74) is 0. The Bertz CT molecular complexity index is 655. The van der Waals surface area contributed by atoms with E-state index in [0.29, 0.717) is 28.2 Å². The highest BCUT2D eigenvalue weighted by Crippen LogP contribution is 2.15. The minimum Gasteiger partial charge on any atom is -0.484 e. The van der Waals surface area contributed by atoms with Crippen molar-refractivity contribution in [1.29, 1.82) is 0 Å². The van der Waals surface area contributed by atoms with E-state index in [1.54, 1.807) is 20.8 Å². The topological polar surface area (TPSA) is 144 Å². The molecule has 0 heterocycles. The van der Waals surface area contributed by atoms with Crippen molar-refractivity contribution in [3.63, 3.8) is 0 Å². The van der Waals surface area contributed by atoms with Crippen LogP contribution in [0.15, 0.2) is 14.7 Å². The SMILES string of the molecule is CNC(=O)OSN=C(C)OC.CS/C(C)=N\OC(=O)N(C)SN(C)C(=O)O/N=C(/C)SC. The van der Waals surface area contributed by atoms with Gasteiger partial charge >= 0.3 is 18.3 Å². The lowest BCUT2D eigenvalue weighted by Gasteiger charge is -2.19. The third-order valence-corrected chi connectivity index (χ3v) is 5.31. The van der Waals surface area contributed by atoms with Crippen LogP contribution in [0.2, 0.25) is 0 Å². The second-order valence-corrected chi connectivity index (χ2v) is 8.68. The maximum Gasteiger partial charge on any atom is 0.447 e. The van der Waals surface area contributed by atoms with E-state index >= 15 is 0 Å². The maximum atomic E-state index is 11.6. The van der Waals surface area contributed by atoms with Gasteiger partial charge in [-0.15, -0.1) is 27.9 Å². The van der Waals surface area contributed by atoms with E-state index in [2.05, 4.69) is 38.6 Å². The van der Waals surface area contributed by atoms with Crippen molar-refractivity contribution >= 4 is 82.2 Å². The van der Waals surface area contributed by atoms with Crippen molar-refractivity contribution in [1.82, 2.24) is 13.9 Å². The van der Waals surface area contributed by atoms with Gasteiger partial charge in [-0.05, 0) is 26.4 Å². The summed E-state index contributed by atoms with van der Waals surface area (Å²) >= 11 is 4.18. The molecule has 0 aromatic heterocycles. The Hall–Kier alpha value is -1.98. The Balaban J connectivity index is 0. The van der Waals surface area contributed by atoms with E-state index in [-0.39, 0.29) is 0 Å². The normalized spacial score (nSPS) is 11.5. The van der Waals surface area contributed by atoms with Crippen LogP contribution >= 0.6 is 47.9 Å². The molecule has 3 amide bonds. The van der Waals surface area contributed by atoms with E-state index in [1.165, 1.54) is 51.8 Å². The number of carbonyl (C=O) groups is 3. The molecule has 17 heteroatoms. The first kappa shape index (κ1) is 32.2. The summed E-state index contributed by atoms with van der Waals surface area (Å²) in [5, 5.41) is 10.7. The Labute approximate surface area is 205 Å². The lowest BCUT2D eigenvalue weighted by atomic mass is 10.8. The fourth-order valence-electron chi connectivity index (χ4n) is 0.830. The molecule has 0 aliphatic carbocycles. The second kappa shape index (κ2) is 19.7. The van der Waals surface area contributed by atoms with Crippen LogP contribution in [0.3, 0.4) is 0 Å². The number of nitrogens with one attached hydrogen (secondary N) is 1. The van der Waals surface area contributed by atoms with E-state index in [4.69, 9.17) is 0 Å². The number of rotatable bonds is 6. The first-order valence-electron chi connectivity index (χ1n) is 8.40. The third kappa shape index (κ3) is 17.7. The lowest BCUT2D eigenvalue weighted by Crippen LogP contribution is -2.28. The minimum absolute atomic E-state index is 0.443. The van der Waals surface area contributed by atoms with Crippen molar-refractivity contribution in [3.8, 4) is 0 Å². The van der Waals surface area contributed by atoms with Gasteiger partial charge in [0.25, 0.3) is 0 Å². The van der Waals surface area contributed by atoms with Crippen molar-refractivity contribution in [2.45, 2.75) is 20.8 Å². The molecule has 0 aromatic carbocycles. The smallest absolute Gasteiger partial charge is 0.447 e. The van der Waals surface area contributed by atoms with E-state index in [1.807, 2.05) is 12.5 Å². The molecule has 184 valence electrons. The van der Waals surface area contributed by atoms with E-state index in [0.717, 1.165) is 20.7 Å². The molecule has 0 unspecified atom stereocenters. The summed E-state index contributed by atoms with van der Waals surface area (Å²) in [6, 6.07) is 0. The van der Waals surface area contributed by atoms with Crippen LogP contribution in [0.1, 0.15) is 20.8 Å². The zero-order valence-corrected chi connectivity index (χ0v) is 22.5. The molecule has 0 bridgehead atoms. The monoisotopic (exact) mass is 532 g/mol. The van der Waals surface area contributed by atoms with E-state index in [9.17, 15) is 14.4 Å². The number of methoxy groups -OCH3 is 1. The number of hydrogen-bond acceptors (Lipinski definition) is 14. The van der Waals surface area contributed by atoms with Gasteiger partial charge in [-0.2, -0.15) is 0 Å². The predicted octanol–water partition coefficient (Wildman–Crippen LogP) is 4.05. The van der Waals surface area contributed by atoms with E-state index < -0.39 is 18.3 Å². The summed E-state index contributed by atoms with van der Waals surface area (Å²) < 4.78 is 15.0. The predicted molar refractivity (Wildman–Crippen MR) is 133 cm³/mol. The molecule has 0 aliphatic heterocycles. The molecule has 1 N–H and O–H groups in total. The van der Waals surface area contributed by atoms with Gasteiger partial charge in [-0.3, -0.25) is 9.68 Å². The van der Waals surface area contributed by atoms with Crippen LogP contribution in [0.25, 0.3) is 0 Å². The van der Waals surface area contributed by atoms with Gasteiger partial charge in [0.15, 0.2) is 5.90 Å². The lowest BCUT2D eigenvalue weighted by molar-refractivity contribution is 0.131. The van der Waals surface area contributed by atoms with Crippen LogP contribution in [-0.4, -0.2) is 83.6 Å². The number of oxime groups is 2. The van der Waals surface area contributed by atoms with Crippen LogP contribution < -0.4 is 5.32 Å². The molecule has 0 radical (unpaired) electrons. The van der Waals surface area contributed by atoms with Gasteiger partial charge < -0.3 is 14.2 Å². The van der Waals surface area contributed by atoms with Crippen molar-refractivity contribution in [3.05, 3.63) is 0 Å². The molecule has 13 nitrogen and oxygen atoms in total. The fourth-order valence-corrected chi connectivity index (χ4v) is 1.99. The average molecular weight is 533 g/mol. The van der Waals surface area contributed by atoms with Crippen molar-refractivity contribution in [2.75, 3.05) is 40.8 Å². The summed E-state index contributed by atoms with van der Waals surface area (Å²) in [7, 11) is 5.84. The van der Waals surface area contributed by atoms with Crippen LogP contribution in [0, 0.1) is 0 Å². The summed E-state index contributed by atoms with van der Waals surface area (Å²) in [6.07, 6.45) is 1.66. The molecule has 0 aliphatic rings. The van der Waals surface area contributed by atoms with Gasteiger partial charge in [0.2, 0.25) is 12.2 Å². The van der Waals surface area contributed by atoms with Crippen LogP contribution in [-0.2, 0) is 18.6 Å². The second-order valence-electron chi connectivity index (χ2n) is 4.93. The average Bonchev–Trinajstić information content (AvgIpc) is 2.79. The van der Waals surface area contributed by atoms with Crippen molar-refractivity contribution in [2.24, 2.45) is 14.7 Å². The van der Waals surface area contributed by atoms with Gasteiger partial charge in [0.05, 0.1) is 19.2 Å². The van der Waals surface area contributed by atoms with Crippen molar-refractivity contribution < 1.29 is 33.0 Å². The highest BCUT2D eigenvalue weighted by Gasteiger charge is 2.19. The summed E-state index contributed by atoms with van der Waals surface area (Å²) in [5.74, 6) is 0.443. The molecule has 0 fully saturated rings. The Kier molecular flexibility index (Phi) is 19.8. The number of hydrogen-bond donors (Lipinski definition) is 1. The molecule has 0 saturated heterocycles. The Morgan fingerprint density at radius 1 is 0.875 bits per heavy atom. The highest BCUT2D eigenvalue weighted by molar-refractivity contribution is 8.13. The first-order valence-corrected chi connectivity index (χ1v) is 12.3. The zero-order valence-electron chi connectivity index (χ0n) is 19.2. The molecule has 32 heavy (non-hydrogen) atoms. The first-order chi connectivity index (χ1) is 15.0. The van der Waals surface area contributed by atoms with Gasteiger partial charge in [-0.25, -0.2) is 23.0 Å². The fraction of sp³-hybridized carbons (Fsp3) is 0.600. The standard InChI is InChI=1S/C10H18N4O4S3.C5H10N2O3S/c1-7(19-5)11-17-9(15)13(3)21-14(4)10(16)18-12-8(2)20-6;1-4(9-3)7-11-10-5(8)6-2/h1-6H3;1-3H3,(H,6,8)/b11-7-,12-8-;. The Morgan fingerprint density at radius 3 is 1.66 bits per heavy atom. The minimum atomic E-state index is -0.711. The quantitative estimate of drug-likeness (QED) is 0.132. The van der Waals surface area contributed by atoms with Gasteiger partial charge in [-0.1, -0.05) is 10.3 Å². The zero-order chi connectivity index (χ0) is 25.1. The molecule has 0 rings (SSSR count). The molecule has 0 aromatic rings. The number of carbonyl (C=O) groups excluding carboxylic acids is 3. The van der Waals surface area contributed by atoms with Gasteiger partial charge in [0, 0.05) is 28.1 Å². The number of nitrogens with zero attached hydrogens (tertiary/aromatic N) is 5. The van der Waals surface area contributed by atoms with Gasteiger partial charge in [0.1, 0.15) is 10.1 Å². The number of ether oxygens (including phenoxy) is 1. The maximum absolute atomic E-state index is 11.6. The molecular formula is C15H28N6O7S4. The molecule has 0 saturated carbocycles. The summed E-state index contributed by atoms with van der Waals surface area (Å²) in [4.78, 5) is 43.0. The molecule has 0 atom stereocenters. The number of amides is 3. The number of thioether (sulfide) groups is 2. The third-order valence-electron chi connectivity index (χ3n) is 2.63. The molecular weight excluding hydrogens is 504 g/mol. The van der Waals surface area contributed by atoms with Crippen LogP contribution in [0.5, 0.6) is 0 Å². The summed E-state index contributed by atoms with van der Waals surface area (Å²) in [6.45, 7) is 5.07. The van der Waals surface area contributed by atoms with Crippen LogP contribution in [0.4, 0.5) is 14.4 Å². The Morgan fingerprint density at radius 2 is 1.31 bits per heavy atom.